The van der Waals surface area contributed by atoms with Gasteiger partial charge in [0.05, 0.1) is 4.53 Å². The fourth-order valence-corrected chi connectivity index (χ4v) is 5.36. The van der Waals surface area contributed by atoms with Crippen LogP contribution in [0.3, 0.4) is 0 Å². The number of benzene rings is 1. The first-order chi connectivity index (χ1) is 16.4. The number of amides is 1. The van der Waals surface area contributed by atoms with Crippen LogP contribution in [0.2, 0.25) is 0 Å². The van der Waals surface area contributed by atoms with Crippen LogP contribution in [-0.4, -0.2) is 36.4 Å². The molecule has 0 bridgehead atoms. The molecule has 6 nitrogen and oxygen atoms in total. The maximum absolute atomic E-state index is 13.4. The molecule has 0 saturated heterocycles. The van der Waals surface area contributed by atoms with Crippen molar-refractivity contribution in [2.75, 3.05) is 19.0 Å². The highest BCUT2D eigenvalue weighted by Gasteiger charge is 2.28. The van der Waals surface area contributed by atoms with Gasteiger partial charge in [-0.05, 0) is 42.0 Å². The van der Waals surface area contributed by atoms with E-state index in [9.17, 15) is 14.4 Å². The van der Waals surface area contributed by atoms with E-state index in [1.54, 1.807) is 0 Å². The minimum Gasteiger partial charge on any atom is -0.378 e. The van der Waals surface area contributed by atoms with Crippen LogP contribution in [0, 0.1) is 17.3 Å². The van der Waals surface area contributed by atoms with E-state index >= 15 is 0 Å². The summed E-state index contributed by atoms with van der Waals surface area (Å²) in [5.74, 6) is 0.695. The van der Waals surface area contributed by atoms with Crippen molar-refractivity contribution in [1.82, 2.24) is 9.88 Å². The van der Waals surface area contributed by atoms with Crippen LogP contribution < -0.4 is 25.0 Å². The third-order valence-electron chi connectivity index (χ3n) is 6.99. The number of Topliss-reactive ketones (excluding diaryl/α,β-unsaturated/α-hetero) is 1. The van der Waals surface area contributed by atoms with Gasteiger partial charge in [-0.2, -0.15) is 0 Å². The third-order valence-corrected chi connectivity index (χ3v) is 8.05. The number of anilines is 1. The number of thiazole rings is 1. The quantitative estimate of drug-likeness (QED) is 0.666. The second-order valence-corrected chi connectivity index (χ2v) is 12.1. The summed E-state index contributed by atoms with van der Waals surface area (Å²) in [6.45, 7) is 9.86. The molecule has 1 aliphatic rings. The highest BCUT2D eigenvalue weighted by molar-refractivity contribution is 7.07. The van der Waals surface area contributed by atoms with Gasteiger partial charge in [-0.3, -0.25) is 19.0 Å². The van der Waals surface area contributed by atoms with Crippen LogP contribution in [0.15, 0.2) is 29.1 Å². The van der Waals surface area contributed by atoms with Gasteiger partial charge in [-0.25, -0.2) is 0 Å². The predicted molar refractivity (Wildman–Crippen MR) is 145 cm³/mol. The molecule has 1 aromatic heterocycles. The summed E-state index contributed by atoms with van der Waals surface area (Å²) in [6.07, 6.45) is 6.57. The first kappa shape index (κ1) is 26.9. The van der Waals surface area contributed by atoms with Crippen LogP contribution >= 0.6 is 11.3 Å². The Kier molecular flexibility index (Phi) is 8.42. The van der Waals surface area contributed by atoms with Crippen molar-refractivity contribution in [1.29, 1.82) is 0 Å². The van der Waals surface area contributed by atoms with Crippen LogP contribution in [0.1, 0.15) is 59.4 Å². The molecule has 190 valence electrons. The number of hydrogen-bond acceptors (Lipinski definition) is 5. The highest BCUT2D eigenvalue weighted by atomic mass is 32.1. The molecule has 0 aliphatic heterocycles. The van der Waals surface area contributed by atoms with Crippen LogP contribution in [0.4, 0.5) is 5.69 Å². The van der Waals surface area contributed by atoms with E-state index in [1.165, 1.54) is 28.4 Å². The molecule has 35 heavy (non-hydrogen) atoms. The SMILES string of the molecule is C[C@@H]1[C@H](C)CCC[C@H]1NC(=O)Cn1c(=O)/c(=C\c2ccc(N(C)C)cc2)s/c1=C\C(=O)C(C)(C)C. The Morgan fingerprint density at radius 1 is 1.14 bits per heavy atom. The van der Waals surface area contributed by atoms with Gasteiger partial charge in [0.15, 0.2) is 5.78 Å². The Labute approximate surface area is 212 Å². The van der Waals surface area contributed by atoms with Gasteiger partial charge in [-0.1, -0.05) is 59.6 Å². The topological polar surface area (TPSA) is 71.4 Å². The van der Waals surface area contributed by atoms with Crippen molar-refractivity contribution in [3.8, 4) is 0 Å². The molecule has 1 heterocycles. The number of nitrogens with one attached hydrogen (secondary N) is 1. The Morgan fingerprint density at radius 3 is 2.40 bits per heavy atom. The van der Waals surface area contributed by atoms with Crippen molar-refractivity contribution in [2.45, 2.75) is 66.5 Å². The number of hydrogen-bond donors (Lipinski definition) is 1. The van der Waals surface area contributed by atoms with Crippen LogP contribution in [0.5, 0.6) is 0 Å². The summed E-state index contributed by atoms with van der Waals surface area (Å²) in [6, 6.07) is 8.02. The van der Waals surface area contributed by atoms with Crippen molar-refractivity contribution >= 4 is 40.9 Å². The van der Waals surface area contributed by atoms with Gasteiger partial charge < -0.3 is 10.2 Å². The monoisotopic (exact) mass is 497 g/mol. The fraction of sp³-hybridized carbons (Fsp3) is 0.536. The molecule has 1 N–H and O–H groups in total. The lowest BCUT2D eigenvalue weighted by Gasteiger charge is -2.34. The fourth-order valence-electron chi connectivity index (χ4n) is 4.32. The van der Waals surface area contributed by atoms with Gasteiger partial charge in [0, 0.05) is 37.3 Å². The first-order valence-corrected chi connectivity index (χ1v) is 13.2. The van der Waals surface area contributed by atoms with Crippen molar-refractivity contribution in [2.24, 2.45) is 17.3 Å². The second-order valence-electron chi connectivity index (χ2n) is 11.0. The summed E-state index contributed by atoms with van der Waals surface area (Å²) in [4.78, 5) is 41.2. The average molecular weight is 498 g/mol. The van der Waals surface area contributed by atoms with E-state index in [0.717, 1.165) is 24.1 Å². The number of ketones is 1. The minimum absolute atomic E-state index is 0.0791. The predicted octanol–water partition coefficient (Wildman–Crippen LogP) is 3.14. The average Bonchev–Trinajstić information content (AvgIpc) is 3.05. The molecule has 0 spiro atoms. The molecule has 1 saturated carbocycles. The summed E-state index contributed by atoms with van der Waals surface area (Å²) in [5, 5.41) is 3.15. The zero-order chi connectivity index (χ0) is 25.9. The van der Waals surface area contributed by atoms with E-state index in [1.807, 2.05) is 70.1 Å². The zero-order valence-electron chi connectivity index (χ0n) is 22.1. The Bertz CT molecular complexity index is 1230. The van der Waals surface area contributed by atoms with Gasteiger partial charge in [0.25, 0.3) is 5.56 Å². The van der Waals surface area contributed by atoms with E-state index < -0.39 is 5.41 Å². The normalized spacial score (nSPS) is 21.7. The highest BCUT2D eigenvalue weighted by Crippen LogP contribution is 2.29. The lowest BCUT2D eigenvalue weighted by atomic mass is 9.78. The van der Waals surface area contributed by atoms with Crippen molar-refractivity contribution in [3.05, 3.63) is 49.4 Å². The van der Waals surface area contributed by atoms with Crippen LogP contribution in [-0.2, 0) is 16.1 Å². The number of carbonyl (C=O) groups is 2. The summed E-state index contributed by atoms with van der Waals surface area (Å²) in [7, 11) is 3.95. The Morgan fingerprint density at radius 2 is 1.80 bits per heavy atom. The zero-order valence-corrected chi connectivity index (χ0v) is 22.9. The largest absolute Gasteiger partial charge is 0.378 e. The first-order valence-electron chi connectivity index (χ1n) is 12.4. The third kappa shape index (κ3) is 6.72. The maximum atomic E-state index is 13.4. The molecule has 0 unspecified atom stereocenters. The second kappa shape index (κ2) is 10.9. The summed E-state index contributed by atoms with van der Waals surface area (Å²) < 4.78 is 2.45. The summed E-state index contributed by atoms with van der Waals surface area (Å²) >= 11 is 1.25. The molecule has 2 aromatic rings. The van der Waals surface area contributed by atoms with Gasteiger partial charge >= 0.3 is 0 Å². The number of carbonyl (C=O) groups excluding carboxylic acids is 2. The Hall–Kier alpha value is -2.67. The molecular weight excluding hydrogens is 458 g/mol. The van der Waals surface area contributed by atoms with Crippen molar-refractivity contribution < 1.29 is 9.59 Å². The molecule has 1 fully saturated rings. The minimum atomic E-state index is -0.577. The molecule has 7 heteroatoms. The molecule has 0 radical (unpaired) electrons. The molecular formula is C28H39N3O3S. The molecule has 1 aliphatic carbocycles. The standard InChI is InChI=1S/C28H39N3O3S/c1-18-9-8-10-22(19(18)2)29-25(33)17-31-26(16-24(32)28(3,4)5)35-23(27(31)34)15-20-11-13-21(14-12-20)30(6)7/h11-16,18-19,22H,8-10,17H2,1-7H3,(H,29,33)/b23-15+,26-16-/t18-,19-,22-/m1/s1. The maximum Gasteiger partial charge on any atom is 0.269 e. The van der Waals surface area contributed by atoms with E-state index in [-0.39, 0.29) is 29.8 Å². The van der Waals surface area contributed by atoms with Gasteiger partial charge in [0.2, 0.25) is 5.91 Å². The van der Waals surface area contributed by atoms with Crippen LogP contribution in [0.25, 0.3) is 12.2 Å². The molecule has 3 atom stereocenters. The van der Waals surface area contributed by atoms with E-state index in [0.29, 0.717) is 21.0 Å². The molecule has 1 aromatic carbocycles. The van der Waals surface area contributed by atoms with Gasteiger partial charge in [-0.15, -0.1) is 11.3 Å². The number of rotatable bonds is 6. The smallest absolute Gasteiger partial charge is 0.269 e. The number of nitrogens with zero attached hydrogens (tertiary/aromatic N) is 2. The summed E-state index contributed by atoms with van der Waals surface area (Å²) in [5.41, 5.74) is 1.13. The van der Waals surface area contributed by atoms with Crippen molar-refractivity contribution in [3.63, 3.8) is 0 Å². The van der Waals surface area contributed by atoms with Gasteiger partial charge in [0.1, 0.15) is 11.2 Å². The van der Waals surface area contributed by atoms with E-state index in [4.69, 9.17) is 0 Å². The molecule has 3 rings (SSSR count). The Balaban J connectivity index is 1.98. The van der Waals surface area contributed by atoms with E-state index in [2.05, 4.69) is 19.2 Å². The lowest BCUT2D eigenvalue weighted by Crippen LogP contribution is -2.46. The molecule has 1 amide bonds. The number of aromatic nitrogens is 1. The lowest BCUT2D eigenvalue weighted by molar-refractivity contribution is -0.123.